The Labute approximate surface area is 135 Å². The van der Waals surface area contributed by atoms with Crippen LogP contribution < -0.4 is 10.6 Å². The van der Waals surface area contributed by atoms with Crippen LogP contribution in [0.2, 0.25) is 5.02 Å². The Bertz CT molecular complexity index is 826. The molecule has 0 saturated carbocycles. The Morgan fingerprint density at radius 2 is 1.61 bits per heavy atom. The summed E-state index contributed by atoms with van der Waals surface area (Å²) in [4.78, 5) is 4.19. The van der Waals surface area contributed by atoms with E-state index < -0.39 is 11.6 Å². The summed E-state index contributed by atoms with van der Waals surface area (Å²) >= 11 is 5.82. The van der Waals surface area contributed by atoms with E-state index in [1.54, 1.807) is 24.3 Å². The molecule has 0 aliphatic rings. The zero-order chi connectivity index (χ0) is 16.2. The molecule has 2 aromatic carbocycles. The molecule has 0 atom stereocenters. The van der Waals surface area contributed by atoms with Crippen molar-refractivity contribution in [1.29, 1.82) is 0 Å². The molecule has 0 amide bonds. The van der Waals surface area contributed by atoms with Crippen LogP contribution in [0, 0.1) is 11.6 Å². The summed E-state index contributed by atoms with van der Waals surface area (Å²) in [6, 6.07) is 10.4. The molecule has 3 rings (SSSR count). The van der Waals surface area contributed by atoms with Crippen LogP contribution in [0.15, 0.2) is 48.7 Å². The molecular weight excluding hydrogens is 324 g/mol. The number of hydrogen-bond acceptors (Lipinski definition) is 5. The van der Waals surface area contributed by atoms with E-state index in [0.717, 1.165) is 17.8 Å². The topological polar surface area (TPSA) is 62.7 Å². The van der Waals surface area contributed by atoms with E-state index in [9.17, 15) is 8.78 Å². The van der Waals surface area contributed by atoms with Crippen LogP contribution in [0.5, 0.6) is 0 Å². The predicted octanol–water partition coefficient (Wildman–Crippen LogP) is 4.29. The molecule has 2 N–H and O–H groups in total. The van der Waals surface area contributed by atoms with Crippen LogP contribution in [0.3, 0.4) is 0 Å². The highest BCUT2D eigenvalue weighted by molar-refractivity contribution is 6.30. The highest BCUT2D eigenvalue weighted by atomic mass is 35.5. The van der Waals surface area contributed by atoms with Gasteiger partial charge in [0.1, 0.15) is 0 Å². The number of halogens is 3. The van der Waals surface area contributed by atoms with Gasteiger partial charge in [-0.3, -0.25) is 0 Å². The van der Waals surface area contributed by atoms with E-state index in [1.807, 2.05) is 0 Å². The second-order valence-electron chi connectivity index (χ2n) is 4.55. The molecule has 23 heavy (non-hydrogen) atoms. The van der Waals surface area contributed by atoms with E-state index >= 15 is 0 Å². The molecule has 0 aliphatic carbocycles. The maximum Gasteiger partial charge on any atom is 0.249 e. The van der Waals surface area contributed by atoms with Crippen LogP contribution in [0.25, 0.3) is 0 Å². The molecule has 3 aromatic rings. The van der Waals surface area contributed by atoms with Crippen molar-refractivity contribution in [3.8, 4) is 0 Å². The van der Waals surface area contributed by atoms with Gasteiger partial charge in [-0.05, 0) is 36.4 Å². The smallest absolute Gasteiger partial charge is 0.249 e. The molecule has 0 aliphatic heterocycles. The maximum atomic E-state index is 13.2. The molecular formula is C15H10ClF2N5. The molecule has 0 spiro atoms. The third-order valence-corrected chi connectivity index (χ3v) is 3.10. The monoisotopic (exact) mass is 333 g/mol. The van der Waals surface area contributed by atoms with Gasteiger partial charge in [-0.2, -0.15) is 10.1 Å². The van der Waals surface area contributed by atoms with Gasteiger partial charge in [-0.1, -0.05) is 11.6 Å². The molecule has 1 aromatic heterocycles. The fourth-order valence-electron chi connectivity index (χ4n) is 1.80. The lowest BCUT2D eigenvalue weighted by Gasteiger charge is -2.08. The van der Waals surface area contributed by atoms with Crippen molar-refractivity contribution in [3.63, 3.8) is 0 Å². The van der Waals surface area contributed by atoms with E-state index in [1.165, 1.54) is 12.3 Å². The molecule has 0 fully saturated rings. The summed E-state index contributed by atoms with van der Waals surface area (Å²) in [7, 11) is 0. The number of hydrogen-bond donors (Lipinski definition) is 2. The van der Waals surface area contributed by atoms with Gasteiger partial charge >= 0.3 is 0 Å². The molecule has 116 valence electrons. The number of nitrogens with one attached hydrogen (secondary N) is 2. The fraction of sp³-hybridized carbons (Fsp3) is 0. The molecule has 0 radical (unpaired) electrons. The first-order chi connectivity index (χ1) is 11.1. The lowest BCUT2D eigenvalue weighted by molar-refractivity contribution is 0.509. The lowest BCUT2D eigenvalue weighted by atomic mass is 10.3. The molecule has 0 unspecified atom stereocenters. The SMILES string of the molecule is Fc1ccc(Nc2nncc(Nc3ccc(Cl)cc3)n2)cc1F. The molecule has 8 heteroatoms. The Balaban J connectivity index is 1.76. The quantitative estimate of drug-likeness (QED) is 0.745. The summed E-state index contributed by atoms with van der Waals surface area (Å²) in [6.07, 6.45) is 1.44. The number of nitrogens with zero attached hydrogens (tertiary/aromatic N) is 3. The summed E-state index contributed by atoms with van der Waals surface area (Å²) in [5.41, 5.74) is 1.09. The number of benzene rings is 2. The minimum atomic E-state index is -0.960. The predicted molar refractivity (Wildman–Crippen MR) is 84.2 cm³/mol. The Hall–Kier alpha value is -2.80. The molecule has 5 nitrogen and oxygen atoms in total. The Morgan fingerprint density at radius 1 is 0.870 bits per heavy atom. The first kappa shape index (κ1) is 15.1. The van der Waals surface area contributed by atoms with Gasteiger partial charge in [0.2, 0.25) is 5.95 Å². The standard InChI is InChI=1S/C15H10ClF2N5/c16-9-1-3-10(4-2-9)20-14-8-19-23-15(22-14)21-11-5-6-12(17)13(18)7-11/h1-8H,(H2,20,21,22,23). The highest BCUT2D eigenvalue weighted by Gasteiger charge is 2.05. The van der Waals surface area contributed by atoms with Crippen molar-refractivity contribution in [2.24, 2.45) is 0 Å². The van der Waals surface area contributed by atoms with Gasteiger partial charge in [-0.25, -0.2) is 8.78 Å². The van der Waals surface area contributed by atoms with Gasteiger partial charge < -0.3 is 10.6 Å². The third kappa shape index (κ3) is 3.89. The highest BCUT2D eigenvalue weighted by Crippen LogP contribution is 2.19. The summed E-state index contributed by atoms with van der Waals surface area (Å²) in [5, 5.41) is 14.0. The van der Waals surface area contributed by atoms with Crippen LogP contribution in [-0.4, -0.2) is 15.2 Å². The molecule has 1 heterocycles. The van der Waals surface area contributed by atoms with Crippen molar-refractivity contribution in [1.82, 2.24) is 15.2 Å². The van der Waals surface area contributed by atoms with Crippen molar-refractivity contribution in [3.05, 3.63) is 65.3 Å². The van der Waals surface area contributed by atoms with Crippen molar-refractivity contribution in [2.45, 2.75) is 0 Å². The maximum absolute atomic E-state index is 13.2. The number of aromatic nitrogens is 3. The van der Waals surface area contributed by atoms with Crippen molar-refractivity contribution in [2.75, 3.05) is 10.6 Å². The van der Waals surface area contributed by atoms with Gasteiger partial charge in [-0.15, -0.1) is 5.10 Å². The van der Waals surface area contributed by atoms with E-state index in [0.29, 0.717) is 16.5 Å². The summed E-state index contributed by atoms with van der Waals surface area (Å²) in [6.45, 7) is 0. The van der Waals surface area contributed by atoms with Crippen molar-refractivity contribution >= 4 is 34.7 Å². The lowest BCUT2D eigenvalue weighted by Crippen LogP contribution is -2.02. The van der Waals surface area contributed by atoms with Crippen LogP contribution in [0.1, 0.15) is 0 Å². The second-order valence-corrected chi connectivity index (χ2v) is 4.99. The van der Waals surface area contributed by atoms with Gasteiger partial charge in [0, 0.05) is 22.5 Å². The number of rotatable bonds is 4. The van der Waals surface area contributed by atoms with Crippen molar-refractivity contribution < 1.29 is 8.78 Å². The number of anilines is 4. The van der Waals surface area contributed by atoms with Crippen LogP contribution in [-0.2, 0) is 0 Å². The first-order valence-corrected chi connectivity index (χ1v) is 6.92. The normalized spacial score (nSPS) is 10.4. The van der Waals surface area contributed by atoms with Gasteiger partial charge in [0.25, 0.3) is 0 Å². The second kappa shape index (κ2) is 6.53. The average Bonchev–Trinajstić information content (AvgIpc) is 2.54. The third-order valence-electron chi connectivity index (χ3n) is 2.85. The molecule has 0 saturated heterocycles. The van der Waals surface area contributed by atoms with Gasteiger partial charge in [0.15, 0.2) is 17.5 Å². The average molecular weight is 334 g/mol. The van der Waals surface area contributed by atoms with Crippen LogP contribution in [0.4, 0.5) is 31.9 Å². The zero-order valence-corrected chi connectivity index (χ0v) is 12.4. The first-order valence-electron chi connectivity index (χ1n) is 6.54. The minimum Gasteiger partial charge on any atom is -0.339 e. The minimum absolute atomic E-state index is 0.148. The summed E-state index contributed by atoms with van der Waals surface area (Å²) in [5.74, 6) is -1.30. The zero-order valence-electron chi connectivity index (χ0n) is 11.6. The van der Waals surface area contributed by atoms with Gasteiger partial charge in [0.05, 0.1) is 6.20 Å². The van der Waals surface area contributed by atoms with E-state index in [2.05, 4.69) is 25.8 Å². The fourth-order valence-corrected chi connectivity index (χ4v) is 1.93. The van der Waals surface area contributed by atoms with E-state index in [-0.39, 0.29) is 5.95 Å². The Kier molecular flexibility index (Phi) is 4.29. The summed E-state index contributed by atoms with van der Waals surface area (Å²) < 4.78 is 26.1. The van der Waals surface area contributed by atoms with Crippen LogP contribution >= 0.6 is 11.6 Å². The largest absolute Gasteiger partial charge is 0.339 e. The van der Waals surface area contributed by atoms with E-state index in [4.69, 9.17) is 11.6 Å². The Morgan fingerprint density at radius 3 is 2.35 bits per heavy atom. The molecule has 0 bridgehead atoms.